The van der Waals surface area contributed by atoms with E-state index in [1.165, 1.54) is 12.1 Å². The second-order valence-electron chi connectivity index (χ2n) is 3.41. The number of benzene rings is 1. The summed E-state index contributed by atoms with van der Waals surface area (Å²) in [6.07, 6.45) is 1.46. The molecular weight excluding hydrogens is 215 g/mol. The fraction of sp³-hybridized carbons (Fsp3) is 0.455. The molecule has 0 aliphatic rings. The lowest BCUT2D eigenvalue weighted by Crippen LogP contribution is -2.16. The first-order chi connectivity index (χ1) is 7.09. The molecule has 1 rings (SSSR count). The van der Waals surface area contributed by atoms with Gasteiger partial charge in [-0.1, -0.05) is 31.5 Å². The lowest BCUT2D eigenvalue weighted by Gasteiger charge is -2.08. The molecule has 0 aliphatic carbocycles. The van der Waals surface area contributed by atoms with E-state index in [4.69, 9.17) is 0 Å². The van der Waals surface area contributed by atoms with Gasteiger partial charge in [-0.25, -0.2) is 12.8 Å². The molecule has 2 nitrogen and oxygen atoms in total. The van der Waals surface area contributed by atoms with Crippen molar-refractivity contribution >= 4 is 9.84 Å². The third kappa shape index (κ3) is 3.02. The fourth-order valence-electron chi connectivity index (χ4n) is 1.28. The number of rotatable bonds is 5. The molecule has 0 N–H and O–H groups in total. The SMILES string of the molecule is CCCCC(F)S(=O)(=O)c1ccccc1. The predicted octanol–water partition coefficient (Wildman–Crippen LogP) is 2.95. The molecule has 0 spiro atoms. The third-order valence-electron chi connectivity index (χ3n) is 2.19. The fourth-order valence-corrected chi connectivity index (χ4v) is 2.59. The topological polar surface area (TPSA) is 34.1 Å². The molecular formula is C11H15FO2S. The quantitative estimate of drug-likeness (QED) is 0.779. The highest BCUT2D eigenvalue weighted by Gasteiger charge is 2.25. The van der Waals surface area contributed by atoms with Crippen LogP contribution in [-0.4, -0.2) is 13.9 Å². The van der Waals surface area contributed by atoms with Gasteiger partial charge in [-0.05, 0) is 25.0 Å². The number of hydrogen-bond donors (Lipinski definition) is 0. The van der Waals surface area contributed by atoms with Crippen molar-refractivity contribution in [2.24, 2.45) is 0 Å². The molecule has 0 fully saturated rings. The summed E-state index contributed by atoms with van der Waals surface area (Å²) in [6, 6.07) is 7.75. The standard InChI is InChI=1S/C11H15FO2S/c1-2-3-9-11(12)15(13,14)10-7-5-4-6-8-10/h4-8,11H,2-3,9H2,1H3. The molecule has 4 heteroatoms. The molecule has 1 unspecified atom stereocenters. The Balaban J connectivity index is 2.84. The average molecular weight is 230 g/mol. The van der Waals surface area contributed by atoms with Gasteiger partial charge in [0.1, 0.15) is 0 Å². The van der Waals surface area contributed by atoms with Gasteiger partial charge in [0.15, 0.2) is 0 Å². The Kier molecular flexibility index (Phi) is 4.27. The van der Waals surface area contributed by atoms with E-state index >= 15 is 0 Å². The van der Waals surface area contributed by atoms with Crippen LogP contribution in [0, 0.1) is 0 Å². The van der Waals surface area contributed by atoms with E-state index in [0.29, 0.717) is 6.42 Å². The predicted molar refractivity (Wildman–Crippen MR) is 58.0 cm³/mol. The molecule has 0 heterocycles. The monoisotopic (exact) mass is 230 g/mol. The maximum atomic E-state index is 13.5. The number of halogens is 1. The summed E-state index contributed by atoms with van der Waals surface area (Å²) in [5.41, 5.74) is -1.78. The largest absolute Gasteiger partial charge is 0.230 e. The molecule has 0 saturated heterocycles. The molecule has 1 aromatic rings. The smallest absolute Gasteiger partial charge is 0.210 e. The van der Waals surface area contributed by atoms with Crippen LogP contribution in [0.4, 0.5) is 4.39 Å². The molecule has 0 amide bonds. The Bertz CT molecular complexity index is 386. The van der Waals surface area contributed by atoms with Gasteiger partial charge in [-0.3, -0.25) is 0 Å². The number of alkyl halides is 1. The summed E-state index contributed by atoms with van der Waals surface area (Å²) in [5.74, 6) is 0. The third-order valence-corrected chi connectivity index (χ3v) is 4.03. The molecule has 0 aromatic heterocycles. The summed E-state index contributed by atoms with van der Waals surface area (Å²) < 4.78 is 36.8. The van der Waals surface area contributed by atoms with Gasteiger partial charge in [-0.15, -0.1) is 0 Å². The van der Waals surface area contributed by atoms with Crippen molar-refractivity contribution in [2.75, 3.05) is 0 Å². The number of sulfone groups is 1. The molecule has 0 bridgehead atoms. The highest BCUT2D eigenvalue weighted by molar-refractivity contribution is 7.91. The van der Waals surface area contributed by atoms with Gasteiger partial charge in [0.05, 0.1) is 4.90 Å². The second-order valence-corrected chi connectivity index (χ2v) is 5.48. The Morgan fingerprint density at radius 1 is 1.27 bits per heavy atom. The van der Waals surface area contributed by atoms with Crippen molar-refractivity contribution in [3.8, 4) is 0 Å². The van der Waals surface area contributed by atoms with Crippen LogP contribution in [0.15, 0.2) is 35.2 Å². The minimum atomic E-state index is -3.78. The Hall–Kier alpha value is -0.900. The normalized spacial score (nSPS) is 13.7. The Morgan fingerprint density at radius 2 is 1.87 bits per heavy atom. The van der Waals surface area contributed by atoms with Gasteiger partial charge in [-0.2, -0.15) is 0 Å². The van der Waals surface area contributed by atoms with E-state index in [-0.39, 0.29) is 11.3 Å². The Morgan fingerprint density at radius 3 is 2.40 bits per heavy atom. The summed E-state index contributed by atoms with van der Waals surface area (Å²) in [5, 5.41) is 0. The van der Waals surface area contributed by atoms with E-state index in [1.807, 2.05) is 6.92 Å². The first-order valence-corrected chi connectivity index (χ1v) is 6.56. The van der Waals surface area contributed by atoms with Crippen molar-refractivity contribution in [1.82, 2.24) is 0 Å². The first kappa shape index (κ1) is 12.2. The van der Waals surface area contributed by atoms with Crippen molar-refractivity contribution in [3.63, 3.8) is 0 Å². The number of hydrogen-bond acceptors (Lipinski definition) is 2. The van der Waals surface area contributed by atoms with Crippen LogP contribution >= 0.6 is 0 Å². The maximum absolute atomic E-state index is 13.5. The van der Waals surface area contributed by atoms with Crippen molar-refractivity contribution in [3.05, 3.63) is 30.3 Å². The maximum Gasteiger partial charge on any atom is 0.210 e. The van der Waals surface area contributed by atoms with Crippen LogP contribution < -0.4 is 0 Å². The highest BCUT2D eigenvalue weighted by Crippen LogP contribution is 2.20. The van der Waals surface area contributed by atoms with Gasteiger partial charge < -0.3 is 0 Å². The lowest BCUT2D eigenvalue weighted by atomic mass is 10.3. The van der Waals surface area contributed by atoms with E-state index in [2.05, 4.69) is 0 Å². The molecule has 84 valence electrons. The van der Waals surface area contributed by atoms with Crippen molar-refractivity contribution in [2.45, 2.75) is 36.6 Å². The van der Waals surface area contributed by atoms with Crippen LogP contribution in [0.2, 0.25) is 0 Å². The molecule has 15 heavy (non-hydrogen) atoms. The first-order valence-electron chi connectivity index (χ1n) is 5.02. The van der Waals surface area contributed by atoms with E-state index in [9.17, 15) is 12.8 Å². The second kappa shape index (κ2) is 5.26. The molecule has 1 atom stereocenters. The van der Waals surface area contributed by atoms with E-state index in [1.54, 1.807) is 18.2 Å². The summed E-state index contributed by atoms with van der Waals surface area (Å²) in [6.45, 7) is 1.90. The number of unbranched alkanes of at least 4 members (excludes halogenated alkanes) is 1. The lowest BCUT2D eigenvalue weighted by molar-refractivity contribution is 0.390. The van der Waals surface area contributed by atoms with Crippen molar-refractivity contribution in [1.29, 1.82) is 0 Å². The van der Waals surface area contributed by atoms with Gasteiger partial charge >= 0.3 is 0 Å². The van der Waals surface area contributed by atoms with Crippen molar-refractivity contribution < 1.29 is 12.8 Å². The molecule has 0 saturated carbocycles. The summed E-state index contributed by atoms with van der Waals surface area (Å²) in [7, 11) is -3.78. The van der Waals surface area contributed by atoms with Crippen LogP contribution in [0.25, 0.3) is 0 Å². The zero-order valence-electron chi connectivity index (χ0n) is 8.69. The van der Waals surface area contributed by atoms with Crippen LogP contribution in [0.3, 0.4) is 0 Å². The van der Waals surface area contributed by atoms with Gasteiger partial charge in [0.25, 0.3) is 0 Å². The zero-order chi connectivity index (χ0) is 11.3. The van der Waals surface area contributed by atoms with E-state index in [0.717, 1.165) is 6.42 Å². The average Bonchev–Trinajstić information content (AvgIpc) is 2.27. The minimum absolute atomic E-state index is 0.0635. The highest BCUT2D eigenvalue weighted by atomic mass is 32.2. The summed E-state index contributed by atoms with van der Waals surface area (Å²) in [4.78, 5) is 0.0635. The van der Waals surface area contributed by atoms with Gasteiger partial charge in [0.2, 0.25) is 15.3 Å². The van der Waals surface area contributed by atoms with Crippen LogP contribution in [0.5, 0.6) is 0 Å². The zero-order valence-corrected chi connectivity index (χ0v) is 9.50. The van der Waals surface area contributed by atoms with Gasteiger partial charge in [0, 0.05) is 0 Å². The molecule has 0 aliphatic heterocycles. The van der Waals surface area contributed by atoms with Crippen LogP contribution in [-0.2, 0) is 9.84 Å². The minimum Gasteiger partial charge on any atom is -0.230 e. The van der Waals surface area contributed by atoms with Crippen LogP contribution in [0.1, 0.15) is 26.2 Å². The van der Waals surface area contributed by atoms with E-state index < -0.39 is 15.3 Å². The molecule has 1 aromatic carbocycles. The molecule has 0 radical (unpaired) electrons. The Labute approximate surface area is 90.0 Å². The summed E-state index contributed by atoms with van der Waals surface area (Å²) >= 11 is 0.